The summed E-state index contributed by atoms with van der Waals surface area (Å²) in [6.45, 7) is 4.65. The van der Waals surface area contributed by atoms with E-state index in [1.807, 2.05) is 32.5 Å². The topological polar surface area (TPSA) is 59.9 Å². The molecule has 0 spiro atoms. The third kappa shape index (κ3) is 3.64. The Hall–Kier alpha value is -1.69. The minimum absolute atomic E-state index is 0.604. The summed E-state index contributed by atoms with van der Waals surface area (Å²) in [7, 11) is 1.84. The number of hydrogen-bond acceptors (Lipinski definition) is 6. The molecule has 2 heterocycles. The van der Waals surface area contributed by atoms with Gasteiger partial charge in [-0.3, -0.25) is 0 Å². The Labute approximate surface area is 117 Å². The highest BCUT2D eigenvalue weighted by Crippen LogP contribution is 2.16. The van der Waals surface area contributed by atoms with Crippen LogP contribution in [0.4, 0.5) is 5.82 Å². The van der Waals surface area contributed by atoms with Gasteiger partial charge in [-0.1, -0.05) is 6.92 Å². The molecule has 0 unspecified atom stereocenters. The number of thiazole rings is 1. The number of aromatic nitrogens is 3. The normalized spacial score (nSPS) is 10.5. The van der Waals surface area contributed by atoms with Crippen molar-refractivity contribution >= 4 is 17.2 Å². The van der Waals surface area contributed by atoms with E-state index < -0.39 is 0 Å². The average molecular weight is 278 g/mol. The Balaban J connectivity index is 1.97. The van der Waals surface area contributed by atoms with Crippen molar-refractivity contribution in [2.75, 3.05) is 19.0 Å². The minimum atomic E-state index is 0.604. The maximum atomic E-state index is 5.71. The molecule has 0 aliphatic heterocycles. The molecular formula is C13H18N4OS. The largest absolute Gasteiger partial charge is 0.477 e. The van der Waals surface area contributed by atoms with Gasteiger partial charge < -0.3 is 10.1 Å². The van der Waals surface area contributed by atoms with Crippen LogP contribution in [-0.4, -0.2) is 28.6 Å². The predicted molar refractivity (Wildman–Crippen MR) is 77.0 cm³/mol. The van der Waals surface area contributed by atoms with Gasteiger partial charge in [0.15, 0.2) is 0 Å². The summed E-state index contributed by atoms with van der Waals surface area (Å²) in [5, 5.41) is 3.02. The SMILES string of the molecule is CCc1nc(NC)cc(OCCc2scnc2C)n1. The fraction of sp³-hybridized carbons (Fsp3) is 0.462. The molecule has 0 amide bonds. The summed E-state index contributed by atoms with van der Waals surface area (Å²) in [4.78, 5) is 14.2. The Morgan fingerprint density at radius 3 is 2.84 bits per heavy atom. The van der Waals surface area contributed by atoms with E-state index in [9.17, 15) is 0 Å². The van der Waals surface area contributed by atoms with E-state index in [2.05, 4.69) is 20.3 Å². The zero-order chi connectivity index (χ0) is 13.7. The fourth-order valence-electron chi connectivity index (χ4n) is 1.65. The van der Waals surface area contributed by atoms with Crippen LogP contribution in [0.1, 0.15) is 23.3 Å². The number of rotatable bonds is 6. The molecule has 0 atom stereocenters. The van der Waals surface area contributed by atoms with E-state index in [1.165, 1.54) is 4.88 Å². The molecule has 2 aromatic rings. The summed E-state index contributed by atoms with van der Waals surface area (Å²) in [5.74, 6) is 2.20. The highest BCUT2D eigenvalue weighted by Gasteiger charge is 2.05. The van der Waals surface area contributed by atoms with Crippen LogP contribution in [0, 0.1) is 6.92 Å². The molecule has 0 fully saturated rings. The highest BCUT2D eigenvalue weighted by atomic mass is 32.1. The molecule has 0 saturated heterocycles. The van der Waals surface area contributed by atoms with Gasteiger partial charge >= 0.3 is 0 Å². The number of nitrogens with zero attached hydrogens (tertiary/aromatic N) is 3. The van der Waals surface area contributed by atoms with Crippen molar-refractivity contribution in [3.8, 4) is 5.88 Å². The lowest BCUT2D eigenvalue weighted by Gasteiger charge is -2.08. The number of ether oxygens (including phenoxy) is 1. The van der Waals surface area contributed by atoms with Gasteiger partial charge in [0.25, 0.3) is 0 Å². The molecule has 0 bridgehead atoms. The monoisotopic (exact) mass is 278 g/mol. The standard InChI is InChI=1S/C13H18N4OS/c1-4-11-16-12(14-3)7-13(17-11)18-6-5-10-9(2)15-8-19-10/h7-8H,4-6H2,1-3H3,(H,14,16,17). The van der Waals surface area contributed by atoms with Gasteiger partial charge in [-0.05, 0) is 6.92 Å². The average Bonchev–Trinajstić information content (AvgIpc) is 2.84. The number of hydrogen-bond donors (Lipinski definition) is 1. The van der Waals surface area contributed by atoms with Crippen molar-refractivity contribution in [2.24, 2.45) is 0 Å². The number of nitrogens with one attached hydrogen (secondary N) is 1. The first-order chi connectivity index (χ1) is 9.22. The molecule has 0 aliphatic carbocycles. The third-order valence-electron chi connectivity index (χ3n) is 2.75. The molecule has 0 aliphatic rings. The summed E-state index contributed by atoms with van der Waals surface area (Å²) in [6, 6.07) is 1.82. The molecule has 0 radical (unpaired) electrons. The molecule has 19 heavy (non-hydrogen) atoms. The number of anilines is 1. The van der Waals surface area contributed by atoms with Gasteiger partial charge in [0.2, 0.25) is 5.88 Å². The van der Waals surface area contributed by atoms with Gasteiger partial charge in [-0.25, -0.2) is 9.97 Å². The second-order valence-corrected chi connectivity index (χ2v) is 5.01. The maximum Gasteiger partial charge on any atom is 0.218 e. The molecule has 2 rings (SSSR count). The second kappa shape index (κ2) is 6.47. The summed E-state index contributed by atoms with van der Waals surface area (Å²) in [5.41, 5.74) is 2.95. The van der Waals surface area contributed by atoms with Crippen molar-refractivity contribution in [3.05, 3.63) is 28.0 Å². The van der Waals surface area contributed by atoms with Crippen molar-refractivity contribution in [1.29, 1.82) is 0 Å². The predicted octanol–water partition coefficient (Wildman–Crippen LogP) is 2.47. The van der Waals surface area contributed by atoms with Crippen LogP contribution in [-0.2, 0) is 12.8 Å². The summed E-state index contributed by atoms with van der Waals surface area (Å²) >= 11 is 1.66. The Morgan fingerprint density at radius 2 is 2.21 bits per heavy atom. The fourth-order valence-corrected chi connectivity index (χ4v) is 2.41. The van der Waals surface area contributed by atoms with Crippen LogP contribution in [0.3, 0.4) is 0 Å². The van der Waals surface area contributed by atoms with Crippen molar-refractivity contribution in [1.82, 2.24) is 15.0 Å². The van der Waals surface area contributed by atoms with E-state index in [0.717, 1.165) is 30.2 Å². The highest BCUT2D eigenvalue weighted by molar-refractivity contribution is 7.09. The zero-order valence-corrected chi connectivity index (χ0v) is 12.3. The molecule has 102 valence electrons. The lowest BCUT2D eigenvalue weighted by atomic mass is 10.3. The lowest BCUT2D eigenvalue weighted by molar-refractivity contribution is 0.308. The summed E-state index contributed by atoms with van der Waals surface area (Å²) < 4.78 is 5.71. The van der Waals surface area contributed by atoms with Crippen molar-refractivity contribution in [3.63, 3.8) is 0 Å². The Morgan fingerprint density at radius 1 is 1.37 bits per heavy atom. The van der Waals surface area contributed by atoms with E-state index in [-0.39, 0.29) is 0 Å². The number of aryl methyl sites for hydroxylation is 2. The van der Waals surface area contributed by atoms with E-state index in [1.54, 1.807) is 11.3 Å². The Bertz CT molecular complexity index is 519. The molecule has 0 aromatic carbocycles. The second-order valence-electron chi connectivity index (χ2n) is 4.07. The van der Waals surface area contributed by atoms with Crippen LogP contribution in [0.25, 0.3) is 0 Å². The zero-order valence-electron chi connectivity index (χ0n) is 11.4. The smallest absolute Gasteiger partial charge is 0.218 e. The van der Waals surface area contributed by atoms with E-state index in [0.29, 0.717) is 12.5 Å². The van der Waals surface area contributed by atoms with Crippen LogP contribution < -0.4 is 10.1 Å². The van der Waals surface area contributed by atoms with Gasteiger partial charge in [-0.15, -0.1) is 11.3 Å². The van der Waals surface area contributed by atoms with Crippen molar-refractivity contribution in [2.45, 2.75) is 26.7 Å². The van der Waals surface area contributed by atoms with Crippen LogP contribution in [0.15, 0.2) is 11.6 Å². The third-order valence-corrected chi connectivity index (χ3v) is 3.74. The van der Waals surface area contributed by atoms with Gasteiger partial charge in [0, 0.05) is 30.8 Å². The Kier molecular flexibility index (Phi) is 4.68. The molecule has 2 aromatic heterocycles. The molecule has 5 nitrogen and oxygen atoms in total. The van der Waals surface area contributed by atoms with Crippen molar-refractivity contribution < 1.29 is 4.74 Å². The molecular weight excluding hydrogens is 260 g/mol. The van der Waals surface area contributed by atoms with Crippen LogP contribution in [0.2, 0.25) is 0 Å². The van der Waals surface area contributed by atoms with E-state index >= 15 is 0 Å². The minimum Gasteiger partial charge on any atom is -0.477 e. The van der Waals surface area contributed by atoms with Gasteiger partial charge in [-0.2, -0.15) is 4.98 Å². The molecule has 0 saturated carbocycles. The first-order valence-corrected chi connectivity index (χ1v) is 7.18. The summed E-state index contributed by atoms with van der Waals surface area (Å²) in [6.07, 6.45) is 1.65. The van der Waals surface area contributed by atoms with Gasteiger partial charge in [0.05, 0.1) is 17.8 Å². The molecule has 6 heteroatoms. The van der Waals surface area contributed by atoms with E-state index in [4.69, 9.17) is 4.74 Å². The maximum absolute atomic E-state index is 5.71. The quantitative estimate of drug-likeness (QED) is 0.879. The lowest BCUT2D eigenvalue weighted by Crippen LogP contribution is -2.06. The first-order valence-electron chi connectivity index (χ1n) is 6.30. The van der Waals surface area contributed by atoms with Gasteiger partial charge in [0.1, 0.15) is 11.6 Å². The van der Waals surface area contributed by atoms with Crippen LogP contribution in [0.5, 0.6) is 5.88 Å². The van der Waals surface area contributed by atoms with Crippen LogP contribution >= 0.6 is 11.3 Å². The first kappa shape index (κ1) is 13.7. The molecule has 1 N–H and O–H groups in total.